The van der Waals surface area contributed by atoms with Crippen LogP contribution in [-0.2, 0) is 0 Å². The van der Waals surface area contributed by atoms with Gasteiger partial charge in [0, 0.05) is 11.6 Å². The monoisotopic (exact) mass is 306 g/mol. The lowest BCUT2D eigenvalue weighted by Crippen LogP contribution is -2.45. The zero-order valence-corrected chi connectivity index (χ0v) is 12.9. The molecule has 0 amide bonds. The van der Waals surface area contributed by atoms with Crippen LogP contribution in [0.2, 0.25) is 0 Å². The second-order valence-corrected chi connectivity index (χ2v) is 7.00. The van der Waals surface area contributed by atoms with E-state index < -0.39 is 0 Å². The Balaban J connectivity index is 2.02. The molecule has 21 heavy (non-hydrogen) atoms. The van der Waals surface area contributed by atoms with E-state index >= 15 is 0 Å². The van der Waals surface area contributed by atoms with Crippen LogP contribution in [0.5, 0.6) is 0 Å². The van der Waals surface area contributed by atoms with E-state index in [1.807, 2.05) is 13.0 Å². The van der Waals surface area contributed by atoms with Crippen molar-refractivity contribution in [2.24, 2.45) is 0 Å². The zero-order valence-electron chi connectivity index (χ0n) is 12.1. The lowest BCUT2D eigenvalue weighted by atomic mass is 9.90. The highest BCUT2D eigenvalue weighted by atomic mass is 32.1. The number of aryl methyl sites for hydroxylation is 1. The van der Waals surface area contributed by atoms with Gasteiger partial charge in [-0.15, -0.1) is 11.3 Å². The van der Waals surface area contributed by atoms with E-state index in [4.69, 9.17) is 0 Å². The van der Waals surface area contributed by atoms with Crippen molar-refractivity contribution in [3.05, 3.63) is 27.3 Å². The molecule has 7 heteroatoms. The second-order valence-electron chi connectivity index (χ2n) is 5.76. The standard InChI is InChI=1S/C14H18N4O2S/c1-9-16-11-7-10(12(18(19)20)8-13(11)21-9)17-14(2)3-5-15-6-4-14/h7-8,15,17H,3-6H2,1-2H3. The Bertz CT molecular complexity index is 692. The normalized spacial score (nSPS) is 17.8. The molecule has 0 radical (unpaired) electrons. The third-order valence-electron chi connectivity index (χ3n) is 3.95. The van der Waals surface area contributed by atoms with Crippen LogP contribution in [0, 0.1) is 17.0 Å². The molecule has 0 saturated carbocycles. The van der Waals surface area contributed by atoms with Crippen LogP contribution < -0.4 is 10.6 Å². The first-order valence-electron chi connectivity index (χ1n) is 7.01. The number of piperidine rings is 1. The highest BCUT2D eigenvalue weighted by molar-refractivity contribution is 7.18. The number of anilines is 1. The van der Waals surface area contributed by atoms with E-state index in [0.29, 0.717) is 5.69 Å². The summed E-state index contributed by atoms with van der Waals surface area (Å²) in [6, 6.07) is 3.44. The third-order valence-corrected chi connectivity index (χ3v) is 4.89. The Morgan fingerprint density at radius 1 is 1.43 bits per heavy atom. The summed E-state index contributed by atoms with van der Waals surface area (Å²) in [5, 5.41) is 19.0. The summed E-state index contributed by atoms with van der Waals surface area (Å²) in [4.78, 5) is 15.5. The minimum atomic E-state index is -0.318. The Morgan fingerprint density at radius 2 is 2.14 bits per heavy atom. The maximum atomic E-state index is 11.4. The van der Waals surface area contributed by atoms with Crippen molar-refractivity contribution in [1.29, 1.82) is 0 Å². The molecule has 0 spiro atoms. The van der Waals surface area contributed by atoms with Crippen LogP contribution in [0.1, 0.15) is 24.8 Å². The number of fused-ring (bicyclic) bond motifs is 1. The van der Waals surface area contributed by atoms with Gasteiger partial charge < -0.3 is 10.6 Å². The van der Waals surface area contributed by atoms with E-state index in [2.05, 4.69) is 22.5 Å². The minimum absolute atomic E-state index is 0.116. The number of benzene rings is 1. The Labute approximate surface area is 126 Å². The maximum absolute atomic E-state index is 11.4. The van der Waals surface area contributed by atoms with Crippen molar-refractivity contribution < 1.29 is 4.92 Å². The first kappa shape index (κ1) is 14.2. The van der Waals surface area contributed by atoms with Gasteiger partial charge in [0.15, 0.2) is 0 Å². The van der Waals surface area contributed by atoms with Crippen LogP contribution in [0.15, 0.2) is 12.1 Å². The smallest absolute Gasteiger partial charge is 0.293 e. The average molecular weight is 306 g/mol. The molecule has 1 aliphatic rings. The van der Waals surface area contributed by atoms with Crippen LogP contribution >= 0.6 is 11.3 Å². The van der Waals surface area contributed by atoms with Crippen molar-refractivity contribution >= 4 is 32.9 Å². The average Bonchev–Trinajstić information content (AvgIpc) is 2.77. The van der Waals surface area contributed by atoms with Gasteiger partial charge in [-0.3, -0.25) is 10.1 Å². The molecule has 1 fully saturated rings. The number of nitro benzene ring substituents is 1. The van der Waals surface area contributed by atoms with E-state index in [-0.39, 0.29) is 16.1 Å². The van der Waals surface area contributed by atoms with Gasteiger partial charge in [-0.1, -0.05) is 0 Å². The summed E-state index contributed by atoms with van der Waals surface area (Å²) in [6.45, 7) is 5.89. The van der Waals surface area contributed by atoms with Gasteiger partial charge >= 0.3 is 0 Å². The molecule has 112 valence electrons. The molecule has 0 bridgehead atoms. The summed E-state index contributed by atoms with van der Waals surface area (Å²) in [6.07, 6.45) is 1.89. The molecule has 1 aliphatic heterocycles. The molecule has 1 aromatic heterocycles. The van der Waals surface area contributed by atoms with Crippen LogP contribution in [0.3, 0.4) is 0 Å². The molecule has 0 atom stereocenters. The predicted molar refractivity (Wildman–Crippen MR) is 85.1 cm³/mol. The first-order chi connectivity index (χ1) is 9.97. The fraction of sp³-hybridized carbons (Fsp3) is 0.500. The number of nitrogens with zero attached hydrogens (tertiary/aromatic N) is 2. The number of thiazole rings is 1. The van der Waals surface area contributed by atoms with E-state index in [9.17, 15) is 10.1 Å². The number of rotatable bonds is 3. The summed E-state index contributed by atoms with van der Waals surface area (Å²) in [5.41, 5.74) is 1.41. The maximum Gasteiger partial charge on any atom is 0.293 e. The fourth-order valence-electron chi connectivity index (χ4n) is 2.76. The fourth-order valence-corrected chi connectivity index (χ4v) is 3.60. The Kier molecular flexibility index (Phi) is 3.54. The second kappa shape index (κ2) is 5.23. The van der Waals surface area contributed by atoms with E-state index in [1.165, 1.54) is 11.3 Å². The largest absolute Gasteiger partial charge is 0.374 e. The van der Waals surface area contributed by atoms with Crippen molar-refractivity contribution in [3.8, 4) is 0 Å². The highest BCUT2D eigenvalue weighted by Gasteiger charge is 2.29. The van der Waals surface area contributed by atoms with Crippen LogP contribution in [0.4, 0.5) is 11.4 Å². The van der Waals surface area contributed by atoms with Gasteiger partial charge in [-0.05, 0) is 45.8 Å². The van der Waals surface area contributed by atoms with Gasteiger partial charge in [0.1, 0.15) is 5.69 Å². The SMILES string of the molecule is Cc1nc2cc(NC3(C)CCNCC3)c([N+](=O)[O-])cc2s1. The van der Waals surface area contributed by atoms with Crippen molar-refractivity contribution in [2.45, 2.75) is 32.2 Å². The molecule has 2 heterocycles. The molecule has 0 aliphatic carbocycles. The molecule has 2 aromatic rings. The van der Waals surface area contributed by atoms with E-state index in [1.54, 1.807) is 6.07 Å². The number of aromatic nitrogens is 1. The minimum Gasteiger partial charge on any atom is -0.374 e. The molecule has 1 saturated heterocycles. The van der Waals surface area contributed by atoms with E-state index in [0.717, 1.165) is 41.2 Å². The van der Waals surface area contributed by atoms with Crippen LogP contribution in [0.25, 0.3) is 10.2 Å². The lowest BCUT2D eigenvalue weighted by molar-refractivity contribution is -0.383. The van der Waals surface area contributed by atoms with Crippen molar-refractivity contribution in [3.63, 3.8) is 0 Å². The summed E-state index contributed by atoms with van der Waals surface area (Å²) in [5.74, 6) is 0. The highest BCUT2D eigenvalue weighted by Crippen LogP contribution is 2.35. The Hall–Kier alpha value is -1.73. The van der Waals surface area contributed by atoms with Gasteiger partial charge in [0.05, 0.1) is 20.1 Å². The molecule has 6 nitrogen and oxygen atoms in total. The topological polar surface area (TPSA) is 80.1 Å². The molecular weight excluding hydrogens is 288 g/mol. The molecule has 2 N–H and O–H groups in total. The number of nitro groups is 1. The third kappa shape index (κ3) is 2.84. The van der Waals surface area contributed by atoms with Crippen LogP contribution in [-0.4, -0.2) is 28.5 Å². The summed E-state index contributed by atoms with van der Waals surface area (Å²) < 4.78 is 0.861. The van der Waals surface area contributed by atoms with Gasteiger partial charge in [-0.25, -0.2) is 4.98 Å². The lowest BCUT2D eigenvalue weighted by Gasteiger charge is -2.35. The summed E-state index contributed by atoms with van der Waals surface area (Å²) in [7, 11) is 0. The predicted octanol–water partition coefficient (Wildman–Crippen LogP) is 3.07. The van der Waals surface area contributed by atoms with Gasteiger partial charge in [0.25, 0.3) is 5.69 Å². The van der Waals surface area contributed by atoms with Gasteiger partial charge in [-0.2, -0.15) is 0 Å². The quantitative estimate of drug-likeness (QED) is 0.673. The van der Waals surface area contributed by atoms with Crippen molar-refractivity contribution in [1.82, 2.24) is 10.3 Å². The molecule has 0 unspecified atom stereocenters. The molecular formula is C14H18N4O2S. The zero-order chi connectivity index (χ0) is 15.0. The van der Waals surface area contributed by atoms with Crippen molar-refractivity contribution in [2.75, 3.05) is 18.4 Å². The molecule has 3 rings (SSSR count). The Morgan fingerprint density at radius 3 is 2.81 bits per heavy atom. The first-order valence-corrected chi connectivity index (χ1v) is 7.83. The number of nitrogens with one attached hydrogen (secondary N) is 2. The summed E-state index contributed by atoms with van der Waals surface area (Å²) >= 11 is 1.48. The number of hydrogen-bond donors (Lipinski definition) is 2. The van der Waals surface area contributed by atoms with Gasteiger partial charge in [0.2, 0.25) is 0 Å². The molecule has 1 aromatic carbocycles. The number of hydrogen-bond acceptors (Lipinski definition) is 6.